The van der Waals surface area contributed by atoms with Gasteiger partial charge >= 0.3 is 5.97 Å². The van der Waals surface area contributed by atoms with E-state index < -0.39 is 12.0 Å². The molecule has 0 amide bonds. The van der Waals surface area contributed by atoms with Crippen LogP contribution < -0.4 is 5.43 Å². The molecule has 5 nitrogen and oxygen atoms in total. The van der Waals surface area contributed by atoms with Crippen molar-refractivity contribution in [3.8, 4) is 0 Å². The lowest BCUT2D eigenvalue weighted by atomic mass is 10.2. The lowest BCUT2D eigenvalue weighted by Crippen LogP contribution is -2.36. The molecule has 1 heterocycles. The Labute approximate surface area is 57.6 Å². The van der Waals surface area contributed by atoms with Gasteiger partial charge in [-0.15, -0.1) is 0 Å². The molecule has 0 aromatic heterocycles. The summed E-state index contributed by atoms with van der Waals surface area (Å²) in [6.45, 7) is 0. The number of carbonyl (C=O) groups excluding carboxylic acids is 1. The summed E-state index contributed by atoms with van der Waals surface area (Å²) in [7, 11) is 1.27. The van der Waals surface area contributed by atoms with E-state index in [1.807, 2.05) is 0 Å². The number of hydrazone groups is 1. The smallest absolute Gasteiger partial charge is 0.336 e. The summed E-state index contributed by atoms with van der Waals surface area (Å²) in [5.74, 6) is -0.484. The van der Waals surface area contributed by atoms with Gasteiger partial charge in [0.25, 0.3) is 0 Å². The van der Waals surface area contributed by atoms with Crippen molar-refractivity contribution in [3.63, 3.8) is 0 Å². The highest BCUT2D eigenvalue weighted by atomic mass is 16.5. The molecule has 2 N–H and O–H groups in total. The molecule has 0 bridgehead atoms. The second-order valence-corrected chi connectivity index (χ2v) is 1.80. The first-order valence-corrected chi connectivity index (χ1v) is 2.70. The Hall–Kier alpha value is -1.39. The quantitative estimate of drug-likeness (QED) is 0.466. The average molecular weight is 141 g/mol. The molecule has 0 aromatic carbocycles. The number of ether oxygens (including phenoxy) is 1. The van der Waals surface area contributed by atoms with Crippen LogP contribution in [0.2, 0.25) is 0 Å². The first-order chi connectivity index (χ1) is 4.75. The highest BCUT2D eigenvalue weighted by Gasteiger charge is 2.25. The zero-order valence-electron chi connectivity index (χ0n) is 5.42. The molecule has 10 heavy (non-hydrogen) atoms. The van der Waals surface area contributed by atoms with Gasteiger partial charge in [0.05, 0.1) is 19.0 Å². The number of carbonyl (C=O) groups is 1. The van der Waals surface area contributed by atoms with Crippen LogP contribution in [0.25, 0.3) is 0 Å². The molecule has 5 heteroatoms. The number of hydrogen-bond donors (Lipinski definition) is 2. The first-order valence-electron chi connectivity index (χ1n) is 2.70. The Morgan fingerprint density at radius 1 is 2.00 bits per heavy atom. The SMILES string of the molecule is COC(=O)[C@@H]1NN=CC1=N. The van der Waals surface area contributed by atoms with Crippen LogP contribution in [0.4, 0.5) is 0 Å². The van der Waals surface area contributed by atoms with Crippen LogP contribution in [0.5, 0.6) is 0 Å². The molecule has 0 unspecified atom stereocenters. The summed E-state index contributed by atoms with van der Waals surface area (Å²) < 4.78 is 4.38. The zero-order valence-corrected chi connectivity index (χ0v) is 5.42. The van der Waals surface area contributed by atoms with Crippen molar-refractivity contribution in [1.82, 2.24) is 5.43 Å². The standard InChI is InChI=1S/C5H7N3O2/c1-10-5(9)4-3(6)2-7-8-4/h2,4,6,8H,1H3/t4-/m1/s1. The Bertz CT molecular complexity index is 199. The summed E-state index contributed by atoms with van der Waals surface area (Å²) in [4.78, 5) is 10.7. The van der Waals surface area contributed by atoms with E-state index in [-0.39, 0.29) is 5.71 Å². The molecule has 0 saturated carbocycles. The van der Waals surface area contributed by atoms with Gasteiger partial charge in [0.15, 0.2) is 6.04 Å². The maximum absolute atomic E-state index is 10.7. The second-order valence-electron chi connectivity index (χ2n) is 1.80. The second kappa shape index (κ2) is 2.47. The van der Waals surface area contributed by atoms with Crippen LogP contribution in [0.3, 0.4) is 0 Å². The molecule has 0 aliphatic carbocycles. The van der Waals surface area contributed by atoms with E-state index >= 15 is 0 Å². The Balaban J connectivity index is 2.59. The molecule has 0 radical (unpaired) electrons. The molecular weight excluding hydrogens is 134 g/mol. The third-order valence-electron chi connectivity index (χ3n) is 1.16. The van der Waals surface area contributed by atoms with Crippen molar-refractivity contribution >= 4 is 17.9 Å². The minimum atomic E-state index is -0.704. The highest BCUT2D eigenvalue weighted by molar-refractivity contribution is 6.37. The van der Waals surface area contributed by atoms with Crippen molar-refractivity contribution in [1.29, 1.82) is 5.41 Å². The van der Waals surface area contributed by atoms with Crippen molar-refractivity contribution in [2.75, 3.05) is 7.11 Å². The lowest BCUT2D eigenvalue weighted by Gasteiger charge is -2.05. The third-order valence-corrected chi connectivity index (χ3v) is 1.16. The number of esters is 1. The summed E-state index contributed by atoms with van der Waals surface area (Å²) >= 11 is 0. The van der Waals surface area contributed by atoms with Crippen molar-refractivity contribution in [2.24, 2.45) is 5.10 Å². The maximum Gasteiger partial charge on any atom is 0.336 e. The van der Waals surface area contributed by atoms with E-state index in [1.54, 1.807) is 0 Å². The first kappa shape index (κ1) is 6.73. The lowest BCUT2D eigenvalue weighted by molar-refractivity contribution is -0.141. The van der Waals surface area contributed by atoms with Crippen molar-refractivity contribution < 1.29 is 9.53 Å². The van der Waals surface area contributed by atoms with Crippen molar-refractivity contribution in [2.45, 2.75) is 6.04 Å². The van der Waals surface area contributed by atoms with Crippen LogP contribution in [0, 0.1) is 5.41 Å². The van der Waals surface area contributed by atoms with Gasteiger partial charge in [0.1, 0.15) is 0 Å². The Kier molecular flexibility index (Phi) is 1.66. The van der Waals surface area contributed by atoms with Crippen LogP contribution >= 0.6 is 0 Å². The molecule has 0 aromatic rings. The molecule has 0 spiro atoms. The molecule has 0 fully saturated rings. The Morgan fingerprint density at radius 2 is 2.70 bits per heavy atom. The van der Waals surface area contributed by atoms with Gasteiger partial charge in [0, 0.05) is 0 Å². The van der Waals surface area contributed by atoms with E-state index in [0.29, 0.717) is 0 Å². The minimum absolute atomic E-state index is 0.131. The van der Waals surface area contributed by atoms with Crippen LogP contribution in [-0.2, 0) is 9.53 Å². The van der Waals surface area contributed by atoms with Crippen molar-refractivity contribution in [3.05, 3.63) is 0 Å². The monoisotopic (exact) mass is 141 g/mol. The summed E-state index contributed by atoms with van der Waals surface area (Å²) in [6.07, 6.45) is 1.28. The van der Waals surface area contributed by atoms with E-state index in [1.165, 1.54) is 13.3 Å². The number of hydrogen-bond acceptors (Lipinski definition) is 5. The van der Waals surface area contributed by atoms with Gasteiger partial charge in [-0.05, 0) is 0 Å². The van der Waals surface area contributed by atoms with E-state index in [4.69, 9.17) is 5.41 Å². The number of nitrogens with zero attached hydrogens (tertiary/aromatic N) is 1. The zero-order chi connectivity index (χ0) is 7.56. The largest absolute Gasteiger partial charge is 0.467 e. The molecular formula is C5H7N3O2. The minimum Gasteiger partial charge on any atom is -0.467 e. The van der Waals surface area contributed by atoms with Gasteiger partial charge in [-0.3, -0.25) is 5.43 Å². The highest BCUT2D eigenvalue weighted by Crippen LogP contribution is 1.94. The summed E-state index contributed by atoms with van der Waals surface area (Å²) in [5.41, 5.74) is 2.56. The number of nitrogens with one attached hydrogen (secondary N) is 2. The number of rotatable bonds is 1. The number of methoxy groups -OCH3 is 1. The molecule has 1 aliphatic heterocycles. The third kappa shape index (κ3) is 0.975. The summed E-state index contributed by atoms with van der Waals surface area (Å²) in [6, 6.07) is -0.704. The van der Waals surface area contributed by atoms with E-state index in [0.717, 1.165) is 0 Å². The average Bonchev–Trinajstić information content (AvgIpc) is 2.34. The van der Waals surface area contributed by atoms with Crippen LogP contribution in [0.1, 0.15) is 0 Å². The molecule has 1 rings (SSSR count). The van der Waals surface area contributed by atoms with Gasteiger partial charge in [-0.25, -0.2) is 4.79 Å². The Morgan fingerprint density at radius 3 is 3.10 bits per heavy atom. The normalized spacial score (nSPS) is 22.5. The fourth-order valence-corrected chi connectivity index (χ4v) is 0.623. The van der Waals surface area contributed by atoms with E-state index in [2.05, 4.69) is 15.3 Å². The van der Waals surface area contributed by atoms with Crippen LogP contribution in [0.15, 0.2) is 5.10 Å². The van der Waals surface area contributed by atoms with Gasteiger partial charge in [-0.2, -0.15) is 5.10 Å². The molecule has 54 valence electrons. The van der Waals surface area contributed by atoms with Gasteiger partial charge in [0.2, 0.25) is 0 Å². The van der Waals surface area contributed by atoms with Crippen LogP contribution in [-0.4, -0.2) is 31.0 Å². The molecule has 0 saturated heterocycles. The topological polar surface area (TPSA) is 74.5 Å². The fourth-order valence-electron chi connectivity index (χ4n) is 0.623. The predicted octanol–water partition coefficient (Wildman–Crippen LogP) is -0.863. The van der Waals surface area contributed by atoms with E-state index in [9.17, 15) is 4.79 Å². The molecule has 1 aliphatic rings. The summed E-state index contributed by atoms with van der Waals surface area (Å²) in [5, 5.41) is 10.6. The van der Waals surface area contributed by atoms with Gasteiger partial charge in [-0.1, -0.05) is 0 Å². The maximum atomic E-state index is 10.7. The fraction of sp³-hybridized carbons (Fsp3) is 0.400. The van der Waals surface area contributed by atoms with Gasteiger partial charge < -0.3 is 10.1 Å². The predicted molar refractivity (Wildman–Crippen MR) is 35.2 cm³/mol. The molecule has 1 atom stereocenters.